The number of aliphatic hydroxyl groups excluding tert-OH is 1. The quantitative estimate of drug-likeness (QED) is 0.797. The fourth-order valence-corrected chi connectivity index (χ4v) is 7.06. The van der Waals surface area contributed by atoms with E-state index in [0.29, 0.717) is 19.6 Å². The molecule has 1 amide bonds. The number of nitrogens with zero attached hydrogens (tertiary/aromatic N) is 3. The molecule has 0 aromatic carbocycles. The second kappa shape index (κ2) is 7.22. The number of aromatic nitrogens is 2. The van der Waals surface area contributed by atoms with Crippen molar-refractivity contribution >= 4 is 11.7 Å². The van der Waals surface area contributed by atoms with E-state index >= 15 is 0 Å². The van der Waals surface area contributed by atoms with Crippen LogP contribution in [0.25, 0.3) is 0 Å². The maximum absolute atomic E-state index is 12.3. The zero-order valence-corrected chi connectivity index (χ0v) is 17.7. The minimum absolute atomic E-state index is 0.00594. The molecule has 6 rings (SSSR count). The maximum Gasteiger partial charge on any atom is 0.225 e. The smallest absolute Gasteiger partial charge is 0.225 e. The summed E-state index contributed by atoms with van der Waals surface area (Å²) in [7, 11) is 0. The summed E-state index contributed by atoms with van der Waals surface area (Å²) in [4.78, 5) is 23.2. The standard InChI is InChI=1S/C23H34N4O2/c1-14(2)22(29)27-4-3-18-19(12-27)25-13-26-21(18)24-11-20(28)23-8-15-5-16(9-23)7-17(6-15)10-23/h13-17,20,28H,3-12H2,1-2H3,(H,24,25,26). The summed E-state index contributed by atoms with van der Waals surface area (Å²) < 4.78 is 0. The van der Waals surface area contributed by atoms with Gasteiger partial charge < -0.3 is 15.3 Å². The van der Waals surface area contributed by atoms with Crippen LogP contribution in [0.3, 0.4) is 0 Å². The average Bonchev–Trinajstić information content (AvgIpc) is 2.69. The average molecular weight is 399 g/mol. The van der Waals surface area contributed by atoms with Crippen LogP contribution in [0.1, 0.15) is 63.6 Å². The van der Waals surface area contributed by atoms with Gasteiger partial charge in [-0.3, -0.25) is 4.79 Å². The van der Waals surface area contributed by atoms with E-state index in [1.807, 2.05) is 18.7 Å². The third-order valence-electron chi connectivity index (χ3n) is 8.07. The predicted octanol–water partition coefficient (Wildman–Crippen LogP) is 3.01. The molecule has 2 heterocycles. The molecule has 6 nitrogen and oxygen atoms in total. The zero-order chi connectivity index (χ0) is 20.2. The lowest BCUT2D eigenvalue weighted by Crippen LogP contribution is -2.53. The van der Waals surface area contributed by atoms with Crippen LogP contribution in [-0.2, 0) is 17.8 Å². The monoisotopic (exact) mass is 398 g/mol. The molecule has 1 aromatic rings. The number of carbonyl (C=O) groups is 1. The second-order valence-corrected chi connectivity index (χ2v) is 10.5. The summed E-state index contributed by atoms with van der Waals surface area (Å²) in [6, 6.07) is 0. The van der Waals surface area contributed by atoms with Crippen LogP contribution in [0.4, 0.5) is 5.82 Å². The molecule has 1 aromatic heterocycles. The van der Waals surface area contributed by atoms with Gasteiger partial charge in [0.05, 0.1) is 18.3 Å². The van der Waals surface area contributed by atoms with Crippen molar-refractivity contribution in [3.63, 3.8) is 0 Å². The first-order valence-electron chi connectivity index (χ1n) is 11.5. The molecule has 1 aliphatic heterocycles. The molecule has 0 saturated heterocycles. The van der Waals surface area contributed by atoms with Gasteiger partial charge in [-0.1, -0.05) is 13.8 Å². The Bertz CT molecular complexity index is 758. The van der Waals surface area contributed by atoms with E-state index in [-0.39, 0.29) is 23.3 Å². The van der Waals surface area contributed by atoms with Crippen molar-refractivity contribution in [2.75, 3.05) is 18.4 Å². The van der Waals surface area contributed by atoms with Gasteiger partial charge in [-0.05, 0) is 68.1 Å². The highest BCUT2D eigenvalue weighted by atomic mass is 16.3. The Morgan fingerprint density at radius 1 is 1.21 bits per heavy atom. The zero-order valence-electron chi connectivity index (χ0n) is 17.7. The summed E-state index contributed by atoms with van der Waals surface area (Å²) in [6.07, 6.45) is 9.83. The first-order valence-corrected chi connectivity index (χ1v) is 11.5. The molecule has 29 heavy (non-hydrogen) atoms. The van der Waals surface area contributed by atoms with Crippen molar-refractivity contribution in [3.05, 3.63) is 17.6 Å². The third-order valence-corrected chi connectivity index (χ3v) is 8.07. The van der Waals surface area contributed by atoms with Gasteiger partial charge >= 0.3 is 0 Å². The largest absolute Gasteiger partial charge is 0.391 e. The van der Waals surface area contributed by atoms with Gasteiger partial charge in [0.2, 0.25) is 5.91 Å². The molecule has 4 aliphatic carbocycles. The highest BCUT2D eigenvalue weighted by molar-refractivity contribution is 5.78. The minimum atomic E-state index is -0.316. The Morgan fingerprint density at radius 3 is 2.48 bits per heavy atom. The van der Waals surface area contributed by atoms with Gasteiger partial charge in [-0.25, -0.2) is 9.97 Å². The van der Waals surface area contributed by atoms with Crippen LogP contribution in [0.2, 0.25) is 0 Å². The van der Waals surface area contributed by atoms with E-state index in [4.69, 9.17) is 0 Å². The summed E-state index contributed by atoms with van der Waals surface area (Å²) in [5.74, 6) is 3.55. The topological polar surface area (TPSA) is 78.4 Å². The van der Waals surface area contributed by atoms with Gasteiger partial charge in [0.15, 0.2) is 0 Å². The van der Waals surface area contributed by atoms with E-state index in [0.717, 1.165) is 41.2 Å². The lowest BCUT2D eigenvalue weighted by molar-refractivity contribution is -0.135. The molecule has 5 aliphatic rings. The number of anilines is 1. The molecule has 0 spiro atoms. The molecule has 0 radical (unpaired) electrons. The number of fused-ring (bicyclic) bond motifs is 1. The highest BCUT2D eigenvalue weighted by Gasteiger charge is 2.53. The van der Waals surface area contributed by atoms with Crippen molar-refractivity contribution in [2.24, 2.45) is 29.1 Å². The third kappa shape index (κ3) is 3.43. The normalized spacial score (nSPS) is 33.7. The molecule has 158 valence electrons. The van der Waals surface area contributed by atoms with Crippen LogP contribution >= 0.6 is 0 Å². The second-order valence-electron chi connectivity index (χ2n) is 10.5. The lowest BCUT2D eigenvalue weighted by Gasteiger charge is -2.58. The molecular formula is C23H34N4O2. The van der Waals surface area contributed by atoms with Crippen LogP contribution in [0, 0.1) is 29.1 Å². The van der Waals surface area contributed by atoms with Crippen LogP contribution in [0.15, 0.2) is 6.33 Å². The number of aliphatic hydroxyl groups is 1. The van der Waals surface area contributed by atoms with Crippen molar-refractivity contribution in [1.29, 1.82) is 0 Å². The number of nitrogens with one attached hydrogen (secondary N) is 1. The Kier molecular flexibility index (Phi) is 4.80. The molecule has 4 saturated carbocycles. The molecule has 2 N–H and O–H groups in total. The molecule has 4 bridgehead atoms. The fourth-order valence-electron chi connectivity index (χ4n) is 7.06. The van der Waals surface area contributed by atoms with Gasteiger partial charge in [0.1, 0.15) is 12.1 Å². The number of hydrogen-bond acceptors (Lipinski definition) is 5. The SMILES string of the molecule is CC(C)C(=O)N1CCc2c(ncnc2NCC(O)C23CC4CC(CC(C4)C2)C3)C1. The molecule has 6 heteroatoms. The Hall–Kier alpha value is -1.69. The first-order chi connectivity index (χ1) is 13.9. The minimum Gasteiger partial charge on any atom is -0.391 e. The van der Waals surface area contributed by atoms with Crippen molar-refractivity contribution < 1.29 is 9.90 Å². The van der Waals surface area contributed by atoms with Gasteiger partial charge in [0, 0.05) is 24.6 Å². The van der Waals surface area contributed by atoms with E-state index in [9.17, 15) is 9.90 Å². The fraction of sp³-hybridized carbons (Fsp3) is 0.783. The van der Waals surface area contributed by atoms with E-state index in [1.54, 1.807) is 6.33 Å². The number of carbonyl (C=O) groups excluding carboxylic acids is 1. The maximum atomic E-state index is 12.3. The summed E-state index contributed by atoms with van der Waals surface area (Å²) >= 11 is 0. The summed E-state index contributed by atoms with van der Waals surface area (Å²) in [6.45, 7) is 5.71. The van der Waals surface area contributed by atoms with Crippen LogP contribution in [0.5, 0.6) is 0 Å². The Balaban J connectivity index is 1.27. The Labute approximate surface area is 173 Å². The summed E-state index contributed by atoms with van der Waals surface area (Å²) in [5, 5.41) is 14.7. The van der Waals surface area contributed by atoms with Gasteiger partial charge in [-0.2, -0.15) is 0 Å². The number of rotatable bonds is 5. The van der Waals surface area contributed by atoms with E-state index < -0.39 is 0 Å². The molecule has 4 fully saturated rings. The van der Waals surface area contributed by atoms with Gasteiger partial charge in [0.25, 0.3) is 0 Å². The molecule has 1 atom stereocenters. The van der Waals surface area contributed by atoms with Crippen LogP contribution in [-0.4, -0.2) is 45.1 Å². The first kappa shape index (κ1) is 19.3. The van der Waals surface area contributed by atoms with Crippen molar-refractivity contribution in [1.82, 2.24) is 14.9 Å². The van der Waals surface area contributed by atoms with Crippen molar-refractivity contribution in [3.8, 4) is 0 Å². The predicted molar refractivity (Wildman–Crippen MR) is 111 cm³/mol. The lowest BCUT2D eigenvalue weighted by atomic mass is 9.48. The van der Waals surface area contributed by atoms with Crippen LogP contribution < -0.4 is 5.32 Å². The van der Waals surface area contributed by atoms with Crippen molar-refractivity contribution in [2.45, 2.75) is 71.4 Å². The van der Waals surface area contributed by atoms with Gasteiger partial charge in [-0.15, -0.1) is 0 Å². The van der Waals surface area contributed by atoms with E-state index in [2.05, 4.69) is 15.3 Å². The number of hydrogen-bond donors (Lipinski definition) is 2. The van der Waals surface area contributed by atoms with E-state index in [1.165, 1.54) is 38.5 Å². The summed E-state index contributed by atoms with van der Waals surface area (Å²) in [5.41, 5.74) is 2.17. The number of amides is 1. The molecular weight excluding hydrogens is 364 g/mol. The molecule has 1 unspecified atom stereocenters. The highest BCUT2D eigenvalue weighted by Crippen LogP contribution is 2.61. The Morgan fingerprint density at radius 2 is 1.86 bits per heavy atom.